The highest BCUT2D eigenvalue weighted by Gasteiger charge is 2.30. The molecule has 0 saturated carbocycles. The smallest absolute Gasteiger partial charge is 0.194 e. The third kappa shape index (κ3) is 4.23. The molecule has 0 radical (unpaired) electrons. The molecule has 0 bridgehead atoms. The molecule has 3 rings (SSSR count). The van der Waals surface area contributed by atoms with Gasteiger partial charge in [-0.1, -0.05) is 43.7 Å². The zero-order valence-electron chi connectivity index (χ0n) is 16.1. The van der Waals surface area contributed by atoms with E-state index < -0.39 is 0 Å². The first-order valence-electron chi connectivity index (χ1n) is 9.64. The van der Waals surface area contributed by atoms with Crippen LogP contribution in [-0.4, -0.2) is 45.3 Å². The number of likely N-dealkylation sites (tertiary alicyclic amines) is 1. The molecular weight excluding hydrogens is 324 g/mol. The number of aryl methyl sites for hydroxylation is 1. The second kappa shape index (κ2) is 8.83. The number of aliphatic imine (C=N–C) groups is 1. The average Bonchev–Trinajstić information content (AvgIpc) is 3.10. The molecule has 6 heteroatoms. The molecule has 0 amide bonds. The molecule has 1 N–H and O–H groups in total. The van der Waals surface area contributed by atoms with Gasteiger partial charge < -0.3 is 14.8 Å². The van der Waals surface area contributed by atoms with Gasteiger partial charge in [0.05, 0.1) is 0 Å². The van der Waals surface area contributed by atoms with Crippen LogP contribution in [0.4, 0.5) is 0 Å². The molecule has 0 spiro atoms. The molecule has 2 atom stereocenters. The SMILES string of the molecule is CCNC(=NCc1nncn1C)N1CCC(c2ccccc2)C(CC)C1. The number of hydrogen-bond donors (Lipinski definition) is 1. The van der Waals surface area contributed by atoms with Crippen molar-refractivity contribution in [2.24, 2.45) is 18.0 Å². The summed E-state index contributed by atoms with van der Waals surface area (Å²) in [5.41, 5.74) is 1.47. The van der Waals surface area contributed by atoms with Crippen molar-refractivity contribution >= 4 is 5.96 Å². The molecule has 6 nitrogen and oxygen atoms in total. The molecular formula is C20H30N6. The second-order valence-electron chi connectivity index (χ2n) is 6.95. The highest BCUT2D eigenvalue weighted by Crippen LogP contribution is 2.34. The van der Waals surface area contributed by atoms with Gasteiger partial charge in [-0.05, 0) is 30.7 Å². The Kier molecular flexibility index (Phi) is 6.26. The van der Waals surface area contributed by atoms with Gasteiger partial charge in [-0.3, -0.25) is 0 Å². The van der Waals surface area contributed by atoms with Crippen LogP contribution in [0.5, 0.6) is 0 Å². The summed E-state index contributed by atoms with van der Waals surface area (Å²) in [6.07, 6.45) is 4.06. The number of hydrogen-bond acceptors (Lipinski definition) is 3. The van der Waals surface area contributed by atoms with E-state index in [1.54, 1.807) is 6.33 Å². The molecule has 2 unspecified atom stereocenters. The van der Waals surface area contributed by atoms with E-state index in [9.17, 15) is 0 Å². The van der Waals surface area contributed by atoms with Crippen LogP contribution in [-0.2, 0) is 13.6 Å². The minimum atomic E-state index is 0.550. The van der Waals surface area contributed by atoms with E-state index in [1.807, 2.05) is 11.6 Å². The Morgan fingerprint density at radius 3 is 2.73 bits per heavy atom. The fourth-order valence-electron chi connectivity index (χ4n) is 3.80. The molecule has 26 heavy (non-hydrogen) atoms. The Morgan fingerprint density at radius 2 is 2.08 bits per heavy atom. The van der Waals surface area contributed by atoms with Gasteiger partial charge in [0.2, 0.25) is 0 Å². The van der Waals surface area contributed by atoms with Crippen molar-refractivity contribution < 1.29 is 0 Å². The first kappa shape index (κ1) is 18.4. The minimum absolute atomic E-state index is 0.550. The van der Waals surface area contributed by atoms with Crippen LogP contribution >= 0.6 is 0 Å². The van der Waals surface area contributed by atoms with Crippen molar-refractivity contribution in [2.45, 2.75) is 39.2 Å². The van der Waals surface area contributed by atoms with Gasteiger partial charge in [0, 0.05) is 26.7 Å². The molecule has 0 aliphatic carbocycles. The Labute approximate surface area is 156 Å². The highest BCUT2D eigenvalue weighted by molar-refractivity contribution is 5.80. The summed E-state index contributed by atoms with van der Waals surface area (Å²) < 4.78 is 1.92. The number of aromatic nitrogens is 3. The largest absolute Gasteiger partial charge is 0.357 e. The summed E-state index contributed by atoms with van der Waals surface area (Å²) in [5.74, 6) is 3.15. The van der Waals surface area contributed by atoms with Crippen LogP contribution < -0.4 is 5.32 Å². The van der Waals surface area contributed by atoms with Gasteiger partial charge >= 0.3 is 0 Å². The van der Waals surface area contributed by atoms with Crippen molar-refractivity contribution in [3.63, 3.8) is 0 Å². The fraction of sp³-hybridized carbons (Fsp3) is 0.550. The lowest BCUT2D eigenvalue weighted by Crippen LogP contribution is -2.48. The van der Waals surface area contributed by atoms with Crippen molar-refractivity contribution in [2.75, 3.05) is 19.6 Å². The number of rotatable bonds is 5. The molecule has 1 saturated heterocycles. The first-order chi connectivity index (χ1) is 12.7. The van der Waals surface area contributed by atoms with E-state index in [1.165, 1.54) is 12.0 Å². The van der Waals surface area contributed by atoms with Crippen molar-refractivity contribution in [1.29, 1.82) is 0 Å². The Morgan fingerprint density at radius 1 is 1.27 bits per heavy atom. The molecule has 2 aromatic rings. The lowest BCUT2D eigenvalue weighted by molar-refractivity contribution is 0.215. The molecule has 140 valence electrons. The van der Waals surface area contributed by atoms with E-state index in [2.05, 4.69) is 64.6 Å². The van der Waals surface area contributed by atoms with Crippen LogP contribution in [0.15, 0.2) is 41.7 Å². The molecule has 1 aromatic carbocycles. The number of benzene rings is 1. The predicted octanol–water partition coefficient (Wildman–Crippen LogP) is 2.80. The molecule has 1 fully saturated rings. The van der Waals surface area contributed by atoms with E-state index in [0.29, 0.717) is 18.4 Å². The maximum Gasteiger partial charge on any atom is 0.194 e. The molecule has 2 heterocycles. The fourth-order valence-corrected chi connectivity index (χ4v) is 3.80. The summed E-state index contributed by atoms with van der Waals surface area (Å²) in [6, 6.07) is 11.0. The van der Waals surface area contributed by atoms with Gasteiger partial charge in [0.25, 0.3) is 0 Å². The second-order valence-corrected chi connectivity index (χ2v) is 6.95. The molecule has 1 aliphatic heterocycles. The summed E-state index contributed by atoms with van der Waals surface area (Å²) in [4.78, 5) is 7.23. The summed E-state index contributed by atoms with van der Waals surface area (Å²) >= 11 is 0. The van der Waals surface area contributed by atoms with Gasteiger partial charge in [-0.2, -0.15) is 0 Å². The monoisotopic (exact) mass is 354 g/mol. The Hall–Kier alpha value is -2.37. The number of piperidine rings is 1. The van der Waals surface area contributed by atoms with E-state index in [0.717, 1.165) is 37.8 Å². The summed E-state index contributed by atoms with van der Waals surface area (Å²) in [6.45, 7) is 7.91. The van der Waals surface area contributed by atoms with Gasteiger partial charge in [0.15, 0.2) is 11.8 Å². The molecule has 1 aliphatic rings. The zero-order valence-corrected chi connectivity index (χ0v) is 16.1. The highest BCUT2D eigenvalue weighted by atomic mass is 15.3. The lowest BCUT2D eigenvalue weighted by Gasteiger charge is -2.40. The third-order valence-corrected chi connectivity index (χ3v) is 5.30. The first-order valence-corrected chi connectivity index (χ1v) is 9.64. The third-order valence-electron chi connectivity index (χ3n) is 5.30. The summed E-state index contributed by atoms with van der Waals surface area (Å²) in [5, 5.41) is 11.5. The van der Waals surface area contributed by atoms with Crippen LogP contribution in [0.2, 0.25) is 0 Å². The van der Waals surface area contributed by atoms with E-state index in [-0.39, 0.29) is 0 Å². The number of nitrogens with one attached hydrogen (secondary N) is 1. The zero-order chi connectivity index (χ0) is 18.4. The predicted molar refractivity (Wildman–Crippen MR) is 105 cm³/mol. The van der Waals surface area contributed by atoms with E-state index in [4.69, 9.17) is 4.99 Å². The minimum Gasteiger partial charge on any atom is -0.357 e. The van der Waals surface area contributed by atoms with Crippen LogP contribution in [0.1, 0.15) is 44.0 Å². The number of guanidine groups is 1. The van der Waals surface area contributed by atoms with Gasteiger partial charge in [0.1, 0.15) is 12.9 Å². The normalized spacial score (nSPS) is 21.0. The van der Waals surface area contributed by atoms with Crippen LogP contribution in [0.3, 0.4) is 0 Å². The van der Waals surface area contributed by atoms with Gasteiger partial charge in [-0.15, -0.1) is 10.2 Å². The van der Waals surface area contributed by atoms with E-state index >= 15 is 0 Å². The quantitative estimate of drug-likeness (QED) is 0.663. The van der Waals surface area contributed by atoms with Crippen molar-refractivity contribution in [3.05, 3.63) is 48.0 Å². The Balaban J connectivity index is 1.72. The van der Waals surface area contributed by atoms with Crippen LogP contribution in [0.25, 0.3) is 0 Å². The standard InChI is InChI=1S/C20H30N6/c1-4-16-14-26(12-11-18(16)17-9-7-6-8-10-17)20(21-5-2)22-13-19-24-23-15-25(19)3/h6-10,15-16,18H,4-5,11-14H2,1-3H3,(H,21,22). The number of nitrogens with zero attached hydrogens (tertiary/aromatic N) is 5. The average molecular weight is 355 g/mol. The van der Waals surface area contributed by atoms with Gasteiger partial charge in [-0.25, -0.2) is 4.99 Å². The maximum atomic E-state index is 4.82. The maximum absolute atomic E-state index is 4.82. The topological polar surface area (TPSA) is 58.3 Å². The summed E-state index contributed by atoms with van der Waals surface area (Å²) in [7, 11) is 1.95. The Bertz CT molecular complexity index is 708. The van der Waals surface area contributed by atoms with Crippen molar-refractivity contribution in [3.8, 4) is 0 Å². The van der Waals surface area contributed by atoms with Crippen LogP contribution in [0, 0.1) is 5.92 Å². The lowest BCUT2D eigenvalue weighted by atomic mass is 9.79. The van der Waals surface area contributed by atoms with Crippen molar-refractivity contribution in [1.82, 2.24) is 25.0 Å². The molecule has 1 aromatic heterocycles.